The lowest BCUT2D eigenvalue weighted by molar-refractivity contribution is 0.101. The first-order chi connectivity index (χ1) is 13.4. The molecule has 0 aliphatic rings. The summed E-state index contributed by atoms with van der Waals surface area (Å²) in [6.45, 7) is 3.93. The number of ether oxygens (including phenoxy) is 3. The number of hydrogen-bond acceptors (Lipinski definition) is 4. The van der Waals surface area contributed by atoms with Crippen molar-refractivity contribution in [2.24, 2.45) is 0 Å². The van der Waals surface area contributed by atoms with E-state index in [0.717, 1.165) is 12.0 Å². The predicted molar refractivity (Wildman–Crippen MR) is 112 cm³/mol. The summed E-state index contributed by atoms with van der Waals surface area (Å²) < 4.78 is 30.2. The van der Waals surface area contributed by atoms with Crippen LogP contribution in [0.5, 0.6) is 17.2 Å². The van der Waals surface area contributed by atoms with Crippen molar-refractivity contribution < 1.29 is 23.4 Å². The van der Waals surface area contributed by atoms with Crippen LogP contribution in [0, 0.1) is 12.7 Å². The lowest BCUT2D eigenvalue weighted by atomic mass is 10.0. The van der Waals surface area contributed by atoms with E-state index >= 15 is 0 Å². The Labute approximate surface area is 178 Å². The summed E-state index contributed by atoms with van der Waals surface area (Å²) in [4.78, 5) is 12.2. The zero-order valence-corrected chi connectivity index (χ0v) is 18.5. The number of aryl methyl sites for hydroxylation is 1. The summed E-state index contributed by atoms with van der Waals surface area (Å²) >= 11 is 9.74. The maximum absolute atomic E-state index is 13.0. The molecule has 7 heteroatoms. The minimum absolute atomic E-state index is 0.164. The molecule has 0 aliphatic carbocycles. The highest BCUT2D eigenvalue weighted by atomic mass is 79.9. The molecule has 0 amide bonds. The van der Waals surface area contributed by atoms with Gasteiger partial charge in [0.05, 0.1) is 30.9 Å². The highest BCUT2D eigenvalue weighted by Crippen LogP contribution is 2.48. The number of methoxy groups -OCH3 is 1. The number of ketones is 1. The van der Waals surface area contributed by atoms with Crippen molar-refractivity contribution in [3.05, 3.63) is 51.8 Å². The molecule has 0 saturated heterocycles. The Morgan fingerprint density at radius 1 is 1.11 bits per heavy atom. The molecule has 28 heavy (non-hydrogen) atoms. The van der Waals surface area contributed by atoms with Gasteiger partial charge in [-0.15, -0.1) is 0 Å². The van der Waals surface area contributed by atoms with Crippen molar-refractivity contribution in [3.8, 4) is 17.2 Å². The summed E-state index contributed by atoms with van der Waals surface area (Å²) in [5, 5.41) is 0.922. The van der Waals surface area contributed by atoms with E-state index in [1.807, 2.05) is 0 Å². The highest BCUT2D eigenvalue weighted by Gasteiger charge is 2.26. The molecule has 0 spiro atoms. The van der Waals surface area contributed by atoms with Crippen molar-refractivity contribution in [2.45, 2.75) is 26.7 Å². The van der Waals surface area contributed by atoms with E-state index in [2.05, 4.69) is 15.9 Å². The van der Waals surface area contributed by atoms with Crippen LogP contribution in [-0.2, 0) is 6.42 Å². The van der Waals surface area contributed by atoms with E-state index in [-0.39, 0.29) is 11.6 Å². The van der Waals surface area contributed by atoms with Gasteiger partial charge in [0, 0.05) is 5.33 Å². The minimum Gasteiger partial charge on any atom is -0.491 e. The molecule has 2 aromatic rings. The maximum atomic E-state index is 13.0. The number of benzene rings is 2. The predicted octanol–water partition coefficient (Wildman–Crippen LogP) is 5.78. The Balaban J connectivity index is 2.26. The summed E-state index contributed by atoms with van der Waals surface area (Å²) in [5.41, 5.74) is 1.99. The normalized spacial score (nSPS) is 10.6. The molecule has 0 saturated carbocycles. The Morgan fingerprint density at radius 3 is 2.32 bits per heavy atom. The number of halogens is 3. The van der Waals surface area contributed by atoms with Gasteiger partial charge < -0.3 is 14.2 Å². The third-order valence-electron chi connectivity index (χ3n) is 4.19. The molecule has 0 fully saturated rings. The van der Waals surface area contributed by atoms with Gasteiger partial charge in [0.25, 0.3) is 0 Å². The van der Waals surface area contributed by atoms with Gasteiger partial charge in [-0.1, -0.05) is 39.7 Å². The Morgan fingerprint density at radius 2 is 1.75 bits per heavy atom. The number of carbonyl (C=O) groups excluding carboxylic acids is 1. The average Bonchev–Trinajstić information content (AvgIpc) is 2.67. The standard InChI is InChI=1S/C21H23BrClFO4/c1-13-17(14(2)25)19(28-12-10-22)21(20(26-3)18(13)23)27-11-4-5-15-6-8-16(24)9-7-15/h6-9H,4-5,10-12H2,1-3H3. The minimum atomic E-state index is -0.260. The number of alkyl halides is 1. The molecule has 0 bridgehead atoms. The molecule has 0 unspecified atom stereocenters. The Bertz CT molecular complexity index is 824. The van der Waals surface area contributed by atoms with E-state index in [1.165, 1.54) is 26.2 Å². The smallest absolute Gasteiger partial charge is 0.205 e. The van der Waals surface area contributed by atoms with E-state index < -0.39 is 0 Å². The second-order valence-electron chi connectivity index (χ2n) is 6.18. The third-order valence-corrected chi connectivity index (χ3v) is 4.97. The molecule has 2 rings (SSSR count). The lowest BCUT2D eigenvalue weighted by Crippen LogP contribution is -2.11. The van der Waals surface area contributed by atoms with Crippen LogP contribution in [0.4, 0.5) is 4.39 Å². The van der Waals surface area contributed by atoms with Crippen LogP contribution in [0.2, 0.25) is 5.02 Å². The first-order valence-electron chi connectivity index (χ1n) is 8.87. The van der Waals surface area contributed by atoms with Crippen LogP contribution in [0.25, 0.3) is 0 Å². The molecule has 0 aromatic heterocycles. The van der Waals surface area contributed by atoms with Crippen molar-refractivity contribution in [1.29, 1.82) is 0 Å². The highest BCUT2D eigenvalue weighted by molar-refractivity contribution is 9.09. The van der Waals surface area contributed by atoms with Crippen LogP contribution >= 0.6 is 27.5 Å². The van der Waals surface area contributed by atoms with Crippen molar-refractivity contribution in [2.75, 3.05) is 25.7 Å². The van der Waals surface area contributed by atoms with Crippen LogP contribution in [0.3, 0.4) is 0 Å². The number of Topliss-reactive ketones (excluding diaryl/α,β-unsaturated/α-hetero) is 1. The van der Waals surface area contributed by atoms with Crippen LogP contribution in [0.15, 0.2) is 24.3 Å². The van der Waals surface area contributed by atoms with Crippen LogP contribution in [0.1, 0.15) is 34.8 Å². The third kappa shape index (κ3) is 5.39. The van der Waals surface area contributed by atoms with Gasteiger partial charge in [0.1, 0.15) is 5.82 Å². The fraction of sp³-hybridized carbons (Fsp3) is 0.381. The van der Waals surface area contributed by atoms with E-state index in [0.29, 0.717) is 58.4 Å². The van der Waals surface area contributed by atoms with Gasteiger partial charge in [-0.05, 0) is 49.9 Å². The largest absolute Gasteiger partial charge is 0.491 e. The van der Waals surface area contributed by atoms with Crippen LogP contribution in [-0.4, -0.2) is 31.4 Å². The maximum Gasteiger partial charge on any atom is 0.205 e. The van der Waals surface area contributed by atoms with Gasteiger partial charge >= 0.3 is 0 Å². The molecule has 0 radical (unpaired) electrons. The fourth-order valence-electron chi connectivity index (χ4n) is 2.88. The molecule has 0 atom stereocenters. The lowest BCUT2D eigenvalue weighted by Gasteiger charge is -2.21. The zero-order valence-electron chi connectivity index (χ0n) is 16.1. The molecule has 0 aliphatic heterocycles. The van der Waals surface area contributed by atoms with Crippen molar-refractivity contribution in [1.82, 2.24) is 0 Å². The van der Waals surface area contributed by atoms with Gasteiger partial charge in [-0.25, -0.2) is 4.39 Å². The second-order valence-corrected chi connectivity index (χ2v) is 7.35. The molecule has 0 heterocycles. The summed E-state index contributed by atoms with van der Waals surface area (Å²) in [6.07, 6.45) is 1.41. The monoisotopic (exact) mass is 472 g/mol. The number of hydrogen-bond donors (Lipinski definition) is 0. The summed E-state index contributed by atoms with van der Waals surface area (Å²) in [5.74, 6) is 0.582. The molecule has 2 aromatic carbocycles. The SMILES string of the molecule is COc1c(Cl)c(C)c(C(C)=O)c(OCCBr)c1OCCCc1ccc(F)cc1. The van der Waals surface area contributed by atoms with E-state index in [9.17, 15) is 9.18 Å². The molecule has 152 valence electrons. The van der Waals surface area contributed by atoms with E-state index in [1.54, 1.807) is 19.1 Å². The van der Waals surface area contributed by atoms with Gasteiger partial charge in [0.15, 0.2) is 17.3 Å². The van der Waals surface area contributed by atoms with Crippen molar-refractivity contribution in [3.63, 3.8) is 0 Å². The second kappa shape index (κ2) is 10.7. The summed E-state index contributed by atoms with van der Waals surface area (Å²) in [7, 11) is 1.49. The molecular weight excluding hydrogens is 451 g/mol. The molecular formula is C21H23BrClFO4. The zero-order chi connectivity index (χ0) is 20.7. The Hall–Kier alpha value is -1.79. The quantitative estimate of drug-likeness (QED) is 0.249. The number of rotatable bonds is 10. The molecule has 4 nitrogen and oxygen atoms in total. The van der Waals surface area contributed by atoms with Crippen molar-refractivity contribution >= 4 is 33.3 Å². The Kier molecular flexibility index (Phi) is 8.58. The molecule has 0 N–H and O–H groups in total. The number of carbonyl (C=O) groups is 1. The van der Waals surface area contributed by atoms with Gasteiger partial charge in [0.2, 0.25) is 5.75 Å². The van der Waals surface area contributed by atoms with Crippen LogP contribution < -0.4 is 14.2 Å². The van der Waals surface area contributed by atoms with Gasteiger partial charge in [-0.3, -0.25) is 4.79 Å². The summed E-state index contributed by atoms with van der Waals surface area (Å²) in [6, 6.07) is 6.36. The topological polar surface area (TPSA) is 44.8 Å². The fourth-order valence-corrected chi connectivity index (χ4v) is 3.30. The first-order valence-corrected chi connectivity index (χ1v) is 10.4. The van der Waals surface area contributed by atoms with E-state index in [4.69, 9.17) is 25.8 Å². The first kappa shape index (κ1) is 22.5. The van der Waals surface area contributed by atoms with Gasteiger partial charge in [-0.2, -0.15) is 0 Å². The average molecular weight is 474 g/mol.